The van der Waals surface area contributed by atoms with Crippen LogP contribution in [0.2, 0.25) is 0 Å². The quantitative estimate of drug-likeness (QED) is 0.586. The van der Waals surface area contributed by atoms with Gasteiger partial charge in [0.15, 0.2) is 0 Å². The van der Waals surface area contributed by atoms with Gasteiger partial charge in [0.2, 0.25) is 0 Å². The van der Waals surface area contributed by atoms with E-state index in [0.717, 1.165) is 0 Å². The van der Waals surface area contributed by atoms with Crippen molar-refractivity contribution in [1.82, 2.24) is 0 Å². The highest BCUT2D eigenvalue weighted by Crippen LogP contribution is 2.26. The first-order valence-electron chi connectivity index (χ1n) is 4.59. The molecule has 0 bridgehead atoms. The Bertz CT molecular complexity index is 363. The van der Waals surface area contributed by atoms with Gasteiger partial charge < -0.3 is 10.4 Å². The van der Waals surface area contributed by atoms with Gasteiger partial charge >= 0.3 is 0 Å². The van der Waals surface area contributed by atoms with Crippen molar-refractivity contribution in [3.8, 4) is 0 Å². The molecule has 1 aromatic rings. The van der Waals surface area contributed by atoms with E-state index in [1.54, 1.807) is 32.0 Å². The highest BCUT2D eigenvalue weighted by molar-refractivity contribution is 5.62. The lowest BCUT2D eigenvalue weighted by Crippen LogP contribution is -2.35. The second-order valence-corrected chi connectivity index (χ2v) is 3.94. The van der Waals surface area contributed by atoms with Crippen LogP contribution in [-0.4, -0.2) is 22.2 Å². The number of anilines is 1. The molecule has 15 heavy (non-hydrogen) atoms. The number of aliphatic hydroxyl groups excluding tert-OH is 1. The number of aliphatic hydroxyl groups is 1. The molecule has 82 valence electrons. The Morgan fingerprint density at radius 2 is 2.07 bits per heavy atom. The van der Waals surface area contributed by atoms with Gasteiger partial charge in [-0.1, -0.05) is 12.1 Å². The van der Waals surface area contributed by atoms with E-state index in [2.05, 4.69) is 5.32 Å². The first-order chi connectivity index (χ1) is 6.96. The lowest BCUT2D eigenvalue weighted by atomic mass is 10.1. The molecule has 0 aliphatic heterocycles. The largest absolute Gasteiger partial charge is 0.394 e. The van der Waals surface area contributed by atoms with Crippen molar-refractivity contribution in [2.45, 2.75) is 19.4 Å². The standard InChI is InChI=1S/C10H14N2O3/c1-10(2,7-13)11-8-5-3-4-6-9(8)12(14)15/h3-6,11,13H,7H2,1-2H3. The summed E-state index contributed by atoms with van der Waals surface area (Å²) in [5, 5.41) is 22.7. The minimum absolute atomic E-state index is 0.0130. The van der Waals surface area contributed by atoms with Gasteiger partial charge in [-0.2, -0.15) is 0 Å². The number of hydrogen-bond donors (Lipinski definition) is 2. The summed E-state index contributed by atoms with van der Waals surface area (Å²) in [6, 6.07) is 6.36. The zero-order valence-electron chi connectivity index (χ0n) is 8.73. The second kappa shape index (κ2) is 4.27. The van der Waals surface area contributed by atoms with Crippen LogP contribution in [0, 0.1) is 10.1 Å². The fourth-order valence-electron chi connectivity index (χ4n) is 1.14. The summed E-state index contributed by atoms with van der Waals surface area (Å²) in [5.41, 5.74) is -0.146. The van der Waals surface area contributed by atoms with Crippen molar-refractivity contribution >= 4 is 11.4 Å². The number of nitrogens with zero attached hydrogens (tertiary/aromatic N) is 1. The van der Waals surface area contributed by atoms with Crippen molar-refractivity contribution in [2.24, 2.45) is 0 Å². The third-order valence-electron chi connectivity index (χ3n) is 1.97. The molecule has 0 amide bonds. The van der Waals surface area contributed by atoms with Crippen LogP contribution < -0.4 is 5.32 Å². The average molecular weight is 210 g/mol. The number of nitrogens with one attached hydrogen (secondary N) is 1. The Morgan fingerprint density at radius 3 is 2.60 bits per heavy atom. The van der Waals surface area contributed by atoms with Gasteiger partial charge in [0.1, 0.15) is 5.69 Å². The maximum atomic E-state index is 10.7. The predicted molar refractivity (Wildman–Crippen MR) is 57.9 cm³/mol. The Hall–Kier alpha value is -1.62. The van der Waals surface area contributed by atoms with Gasteiger partial charge in [0.25, 0.3) is 5.69 Å². The molecule has 0 aromatic heterocycles. The SMILES string of the molecule is CC(C)(CO)Nc1ccccc1[N+](=O)[O-]. The van der Waals surface area contributed by atoms with E-state index in [-0.39, 0.29) is 12.3 Å². The third-order valence-corrected chi connectivity index (χ3v) is 1.97. The van der Waals surface area contributed by atoms with Crippen LogP contribution in [0.5, 0.6) is 0 Å². The second-order valence-electron chi connectivity index (χ2n) is 3.94. The van der Waals surface area contributed by atoms with Crippen molar-refractivity contribution in [2.75, 3.05) is 11.9 Å². The van der Waals surface area contributed by atoms with Crippen molar-refractivity contribution < 1.29 is 10.0 Å². The molecule has 0 fully saturated rings. The molecule has 0 atom stereocenters. The van der Waals surface area contributed by atoms with Gasteiger partial charge in [-0.3, -0.25) is 10.1 Å². The number of benzene rings is 1. The van der Waals surface area contributed by atoms with Crippen LogP contribution in [0.4, 0.5) is 11.4 Å². The molecule has 5 heteroatoms. The van der Waals surface area contributed by atoms with E-state index >= 15 is 0 Å². The summed E-state index contributed by atoms with van der Waals surface area (Å²) in [4.78, 5) is 10.3. The molecule has 0 unspecified atom stereocenters. The topological polar surface area (TPSA) is 75.4 Å². The van der Waals surface area contributed by atoms with Gasteiger partial charge in [-0.05, 0) is 19.9 Å². The molecule has 0 heterocycles. The van der Waals surface area contributed by atoms with Gasteiger partial charge in [-0.15, -0.1) is 0 Å². The van der Waals surface area contributed by atoms with Crippen LogP contribution >= 0.6 is 0 Å². The molecule has 1 aromatic carbocycles. The van der Waals surface area contributed by atoms with Crippen molar-refractivity contribution in [3.05, 3.63) is 34.4 Å². The van der Waals surface area contributed by atoms with Crippen LogP contribution in [0.25, 0.3) is 0 Å². The van der Waals surface area contributed by atoms with E-state index in [1.807, 2.05) is 0 Å². The van der Waals surface area contributed by atoms with Crippen molar-refractivity contribution in [3.63, 3.8) is 0 Å². The number of para-hydroxylation sites is 2. The van der Waals surface area contributed by atoms with E-state index in [0.29, 0.717) is 5.69 Å². The maximum absolute atomic E-state index is 10.7. The van der Waals surface area contributed by atoms with E-state index < -0.39 is 10.5 Å². The minimum atomic E-state index is -0.577. The summed E-state index contributed by atoms with van der Waals surface area (Å²) in [5.74, 6) is 0. The Kier molecular flexibility index (Phi) is 3.26. The molecule has 0 radical (unpaired) electrons. The molecule has 0 aliphatic rings. The highest BCUT2D eigenvalue weighted by atomic mass is 16.6. The molecule has 0 aliphatic carbocycles. The minimum Gasteiger partial charge on any atom is -0.394 e. The third kappa shape index (κ3) is 2.92. The summed E-state index contributed by atoms with van der Waals surface area (Å²) < 4.78 is 0. The van der Waals surface area contributed by atoms with Gasteiger partial charge in [-0.25, -0.2) is 0 Å². The summed E-state index contributed by atoms with van der Waals surface area (Å²) in [7, 11) is 0. The van der Waals surface area contributed by atoms with E-state index in [1.165, 1.54) is 6.07 Å². The van der Waals surface area contributed by atoms with E-state index in [9.17, 15) is 10.1 Å². The number of hydrogen-bond acceptors (Lipinski definition) is 4. The molecule has 0 saturated heterocycles. The number of nitro benzene ring substituents is 1. The molecular formula is C10H14N2O3. The maximum Gasteiger partial charge on any atom is 0.292 e. The molecular weight excluding hydrogens is 196 g/mol. The van der Waals surface area contributed by atoms with Crippen LogP contribution in [0.1, 0.15) is 13.8 Å². The number of nitro groups is 1. The first kappa shape index (κ1) is 11.5. The summed E-state index contributed by atoms with van der Waals surface area (Å²) >= 11 is 0. The van der Waals surface area contributed by atoms with Crippen LogP contribution in [-0.2, 0) is 0 Å². The van der Waals surface area contributed by atoms with Crippen LogP contribution in [0.15, 0.2) is 24.3 Å². The summed E-state index contributed by atoms with van der Waals surface area (Å²) in [6.07, 6.45) is 0. The fraction of sp³-hybridized carbons (Fsp3) is 0.400. The smallest absolute Gasteiger partial charge is 0.292 e. The zero-order chi connectivity index (χ0) is 11.5. The summed E-state index contributed by atoms with van der Waals surface area (Å²) in [6.45, 7) is 3.44. The van der Waals surface area contributed by atoms with Crippen LogP contribution in [0.3, 0.4) is 0 Å². The number of rotatable bonds is 4. The molecule has 0 saturated carbocycles. The Balaban J connectivity index is 2.99. The predicted octanol–water partition coefficient (Wildman–Crippen LogP) is 1.78. The molecule has 5 nitrogen and oxygen atoms in total. The normalized spacial score (nSPS) is 11.1. The van der Waals surface area contributed by atoms with Gasteiger partial charge in [0, 0.05) is 6.07 Å². The fourth-order valence-corrected chi connectivity index (χ4v) is 1.14. The Morgan fingerprint density at radius 1 is 1.47 bits per heavy atom. The molecule has 0 spiro atoms. The van der Waals surface area contributed by atoms with E-state index in [4.69, 9.17) is 5.11 Å². The lowest BCUT2D eigenvalue weighted by molar-refractivity contribution is -0.384. The lowest BCUT2D eigenvalue weighted by Gasteiger charge is -2.24. The van der Waals surface area contributed by atoms with Crippen molar-refractivity contribution in [1.29, 1.82) is 0 Å². The molecule has 1 rings (SSSR count). The highest BCUT2D eigenvalue weighted by Gasteiger charge is 2.20. The average Bonchev–Trinajstić information content (AvgIpc) is 2.18. The first-order valence-corrected chi connectivity index (χ1v) is 4.59. The monoisotopic (exact) mass is 210 g/mol. The van der Waals surface area contributed by atoms with Gasteiger partial charge in [0.05, 0.1) is 17.1 Å². The molecule has 2 N–H and O–H groups in total. The zero-order valence-corrected chi connectivity index (χ0v) is 8.73. The Labute approximate surface area is 87.9 Å².